The minimum atomic E-state index is -4.50. The Hall–Kier alpha value is -1.81. The maximum absolute atomic E-state index is 13.1. The summed E-state index contributed by atoms with van der Waals surface area (Å²) in [5, 5.41) is 10.6. The molecule has 0 aliphatic heterocycles. The number of hydrogen-bond donors (Lipinski definition) is 2. The second-order valence-corrected chi connectivity index (χ2v) is 7.97. The fourth-order valence-electron chi connectivity index (χ4n) is 2.49. The van der Waals surface area contributed by atoms with Crippen LogP contribution in [0, 0.1) is 0 Å². The van der Waals surface area contributed by atoms with E-state index in [1.54, 1.807) is 23.0 Å². The highest BCUT2D eigenvalue weighted by atomic mass is 79.9. The van der Waals surface area contributed by atoms with Crippen LogP contribution in [-0.2, 0) is 12.7 Å². The van der Waals surface area contributed by atoms with Gasteiger partial charge in [0.25, 0.3) is 0 Å². The van der Waals surface area contributed by atoms with Crippen LogP contribution in [0.1, 0.15) is 11.1 Å². The zero-order valence-electron chi connectivity index (χ0n) is 14.4. The van der Waals surface area contributed by atoms with Crippen molar-refractivity contribution in [3.8, 4) is 0 Å². The molecule has 0 bridgehead atoms. The molecule has 0 radical (unpaired) electrons. The molecule has 152 valence electrons. The Morgan fingerprint density at radius 3 is 2.52 bits per heavy atom. The predicted octanol–water partition coefficient (Wildman–Crippen LogP) is 6.83. The lowest BCUT2D eigenvalue weighted by atomic mass is 10.2. The van der Waals surface area contributed by atoms with Gasteiger partial charge in [0.2, 0.25) is 0 Å². The highest BCUT2D eigenvalue weighted by Gasteiger charge is 2.33. The van der Waals surface area contributed by atoms with Crippen molar-refractivity contribution in [1.82, 2.24) is 9.78 Å². The zero-order chi connectivity index (χ0) is 21.2. The van der Waals surface area contributed by atoms with Crippen LogP contribution in [0.3, 0.4) is 0 Å². The lowest BCUT2D eigenvalue weighted by molar-refractivity contribution is -0.136. The third-order valence-electron chi connectivity index (χ3n) is 3.76. The summed E-state index contributed by atoms with van der Waals surface area (Å²) >= 11 is 20.4. The van der Waals surface area contributed by atoms with E-state index in [-0.39, 0.29) is 10.8 Å². The molecule has 0 aliphatic carbocycles. The van der Waals surface area contributed by atoms with Gasteiger partial charge in [-0.05, 0) is 58.0 Å². The van der Waals surface area contributed by atoms with Crippen molar-refractivity contribution in [2.45, 2.75) is 12.7 Å². The van der Waals surface area contributed by atoms with E-state index in [1.165, 1.54) is 18.2 Å². The summed E-state index contributed by atoms with van der Waals surface area (Å²) in [6, 6.07) is 10.3. The number of thiocarbonyl (C=S) groups is 1. The number of aromatic nitrogens is 2. The van der Waals surface area contributed by atoms with Gasteiger partial charge >= 0.3 is 6.18 Å². The summed E-state index contributed by atoms with van der Waals surface area (Å²) in [6.07, 6.45) is -2.79. The summed E-state index contributed by atoms with van der Waals surface area (Å²) in [5.41, 5.74) is -0.0852. The van der Waals surface area contributed by atoms with Crippen molar-refractivity contribution in [1.29, 1.82) is 0 Å². The van der Waals surface area contributed by atoms with Gasteiger partial charge in [0, 0.05) is 6.20 Å². The molecule has 0 atom stereocenters. The largest absolute Gasteiger partial charge is 0.418 e. The third-order valence-corrected chi connectivity index (χ3v) is 5.28. The van der Waals surface area contributed by atoms with Gasteiger partial charge in [-0.3, -0.25) is 4.68 Å². The summed E-state index contributed by atoms with van der Waals surface area (Å²) in [7, 11) is 0. The Morgan fingerprint density at radius 1 is 1.10 bits per heavy atom. The van der Waals surface area contributed by atoms with Crippen LogP contribution in [0.25, 0.3) is 0 Å². The van der Waals surface area contributed by atoms with Gasteiger partial charge in [0.05, 0.1) is 32.3 Å². The molecular formula is C18H12BrCl2F3N4S. The molecule has 2 N–H and O–H groups in total. The van der Waals surface area contributed by atoms with Crippen molar-refractivity contribution < 1.29 is 13.2 Å². The SMILES string of the molecule is FC(F)(F)c1ccccc1NC(=S)Nc1nn(Cc2ccc(Cl)c(Cl)c2)cc1Br. The number of anilines is 2. The summed E-state index contributed by atoms with van der Waals surface area (Å²) in [6.45, 7) is 0.411. The van der Waals surface area contributed by atoms with Crippen LogP contribution in [0.4, 0.5) is 24.7 Å². The minimum absolute atomic E-state index is 0.0258. The number of nitrogens with one attached hydrogen (secondary N) is 2. The lowest BCUT2D eigenvalue weighted by Crippen LogP contribution is -2.22. The number of hydrogen-bond acceptors (Lipinski definition) is 2. The van der Waals surface area contributed by atoms with E-state index in [9.17, 15) is 13.2 Å². The van der Waals surface area contributed by atoms with Crippen molar-refractivity contribution in [2.75, 3.05) is 10.6 Å². The number of rotatable bonds is 4. The maximum Gasteiger partial charge on any atom is 0.418 e. The first-order chi connectivity index (χ1) is 13.6. The Labute approximate surface area is 188 Å². The third kappa shape index (κ3) is 5.63. The van der Waals surface area contributed by atoms with Crippen molar-refractivity contribution in [2.24, 2.45) is 0 Å². The Morgan fingerprint density at radius 2 is 1.83 bits per heavy atom. The van der Waals surface area contributed by atoms with E-state index in [2.05, 4.69) is 31.7 Å². The first-order valence-corrected chi connectivity index (χ1v) is 10.0. The zero-order valence-corrected chi connectivity index (χ0v) is 18.3. The van der Waals surface area contributed by atoms with Gasteiger partial charge in [0.15, 0.2) is 10.9 Å². The summed E-state index contributed by atoms with van der Waals surface area (Å²) in [4.78, 5) is 0. The molecule has 0 saturated carbocycles. The molecule has 0 saturated heterocycles. The van der Waals surface area contributed by atoms with E-state index in [1.807, 2.05) is 6.07 Å². The quantitative estimate of drug-likeness (QED) is 0.368. The van der Waals surface area contributed by atoms with Crippen LogP contribution in [0.2, 0.25) is 10.0 Å². The molecule has 4 nitrogen and oxygen atoms in total. The molecule has 2 aromatic carbocycles. The van der Waals surface area contributed by atoms with Crippen molar-refractivity contribution in [3.05, 3.63) is 74.3 Å². The van der Waals surface area contributed by atoms with Gasteiger partial charge < -0.3 is 10.6 Å². The number of benzene rings is 2. The first kappa shape index (κ1) is 21.9. The Balaban J connectivity index is 1.71. The number of alkyl halides is 3. The lowest BCUT2D eigenvalue weighted by Gasteiger charge is -2.15. The molecular weight excluding hydrogens is 512 g/mol. The van der Waals surface area contributed by atoms with E-state index in [0.717, 1.165) is 11.6 Å². The van der Waals surface area contributed by atoms with Crippen molar-refractivity contribution in [3.63, 3.8) is 0 Å². The van der Waals surface area contributed by atoms with Gasteiger partial charge in [0.1, 0.15) is 0 Å². The second kappa shape index (κ2) is 8.91. The standard InChI is InChI=1S/C18H12BrCl2F3N4S/c19-12-9-28(8-10-5-6-13(20)14(21)7-10)27-16(12)26-17(29)25-15-4-2-1-3-11(15)18(22,23)24/h1-7,9H,8H2,(H2,25,26,27,29). The summed E-state index contributed by atoms with van der Waals surface area (Å²) < 4.78 is 41.5. The van der Waals surface area contributed by atoms with Crippen LogP contribution in [0.5, 0.6) is 0 Å². The fourth-order valence-corrected chi connectivity index (χ4v) is 3.43. The average Bonchev–Trinajstić information content (AvgIpc) is 2.96. The molecule has 0 unspecified atom stereocenters. The molecule has 0 spiro atoms. The molecule has 1 heterocycles. The fraction of sp³-hybridized carbons (Fsp3) is 0.111. The highest BCUT2D eigenvalue weighted by molar-refractivity contribution is 9.10. The molecule has 1 aromatic heterocycles. The minimum Gasteiger partial charge on any atom is -0.332 e. The van der Waals surface area contributed by atoms with E-state index < -0.39 is 11.7 Å². The van der Waals surface area contributed by atoms with Crippen LogP contribution in [-0.4, -0.2) is 14.9 Å². The summed E-state index contributed by atoms with van der Waals surface area (Å²) in [5.74, 6) is 0.354. The highest BCUT2D eigenvalue weighted by Crippen LogP contribution is 2.34. The van der Waals surface area contributed by atoms with Gasteiger partial charge in [-0.1, -0.05) is 41.4 Å². The molecule has 0 amide bonds. The van der Waals surface area contributed by atoms with Gasteiger partial charge in [-0.2, -0.15) is 18.3 Å². The van der Waals surface area contributed by atoms with Crippen LogP contribution in [0.15, 0.2) is 53.1 Å². The van der Waals surface area contributed by atoms with E-state index in [4.69, 9.17) is 35.4 Å². The van der Waals surface area contributed by atoms with Gasteiger partial charge in [-0.15, -0.1) is 0 Å². The van der Waals surface area contributed by atoms with Crippen LogP contribution >= 0.6 is 51.3 Å². The van der Waals surface area contributed by atoms with Gasteiger partial charge in [-0.25, -0.2) is 0 Å². The molecule has 3 aromatic rings. The smallest absolute Gasteiger partial charge is 0.332 e. The molecule has 11 heteroatoms. The number of para-hydroxylation sites is 1. The topological polar surface area (TPSA) is 41.9 Å². The van der Waals surface area contributed by atoms with Crippen LogP contribution < -0.4 is 10.6 Å². The molecule has 0 fully saturated rings. The normalized spacial score (nSPS) is 11.4. The molecule has 3 rings (SSSR count). The van der Waals surface area contributed by atoms with E-state index in [0.29, 0.717) is 26.9 Å². The average molecular weight is 524 g/mol. The first-order valence-electron chi connectivity index (χ1n) is 8.04. The predicted molar refractivity (Wildman–Crippen MR) is 117 cm³/mol. The van der Waals surface area contributed by atoms with E-state index >= 15 is 0 Å². The number of halogens is 6. The van der Waals surface area contributed by atoms with Crippen molar-refractivity contribution >= 4 is 68.0 Å². The monoisotopic (exact) mass is 522 g/mol. The number of nitrogens with zero attached hydrogens (tertiary/aromatic N) is 2. The Bertz CT molecular complexity index is 1060. The molecule has 29 heavy (non-hydrogen) atoms. The second-order valence-electron chi connectivity index (χ2n) is 5.89. The maximum atomic E-state index is 13.1. The Kier molecular flexibility index (Phi) is 6.72. The molecule has 0 aliphatic rings.